The third kappa shape index (κ3) is 2.39. The lowest BCUT2D eigenvalue weighted by molar-refractivity contribution is -0.534. The van der Waals surface area contributed by atoms with E-state index in [0.29, 0.717) is 24.9 Å². The molecule has 0 bridgehead atoms. The average Bonchev–Trinajstić information content (AvgIpc) is 3.09. The van der Waals surface area contributed by atoms with Crippen molar-refractivity contribution in [1.82, 2.24) is 19.6 Å². The van der Waals surface area contributed by atoms with Crippen molar-refractivity contribution in [3.05, 3.63) is 17.0 Å². The molecule has 8 heteroatoms. The lowest BCUT2D eigenvalue weighted by Gasteiger charge is -2.33. The molecule has 1 atom stereocenters. The lowest BCUT2D eigenvalue weighted by Crippen LogP contribution is -2.62. The highest BCUT2D eigenvalue weighted by Crippen LogP contribution is 2.22. The van der Waals surface area contributed by atoms with E-state index in [-0.39, 0.29) is 11.9 Å². The molecule has 1 aromatic heterocycles. The second-order valence-corrected chi connectivity index (χ2v) is 6.50. The Morgan fingerprint density at radius 1 is 1.16 bits per heavy atom. The van der Waals surface area contributed by atoms with Gasteiger partial charge in [0.15, 0.2) is 0 Å². The van der Waals surface area contributed by atoms with Crippen LogP contribution in [0.5, 0.6) is 0 Å². The molecule has 1 fully saturated rings. The van der Waals surface area contributed by atoms with E-state index in [2.05, 4.69) is 10.1 Å². The third-order valence-corrected chi connectivity index (χ3v) is 5.02. The number of aliphatic imine (C=N–C) groups is 1. The van der Waals surface area contributed by atoms with Crippen LogP contribution in [0.15, 0.2) is 4.99 Å². The van der Waals surface area contributed by atoms with Crippen LogP contribution in [0.1, 0.15) is 37.2 Å². The first-order chi connectivity index (χ1) is 11.8. The van der Waals surface area contributed by atoms with Gasteiger partial charge in [-0.2, -0.15) is 0 Å². The number of aromatic nitrogens is 2. The normalized spacial score (nSPS) is 20.6. The standard InChI is InChI=1S/C17H25N6O2/c1-7-9-22-15(24)13-14(20(6)17(22)25)18-16(21(13)8-2)23-12(5)10(3)11(4)19-23/h13H,7-9H2,1-6H3/q+1. The minimum atomic E-state index is -0.571. The Hall–Kier alpha value is -2.51. The number of hydrogen-bond donors (Lipinski definition) is 0. The number of urea groups is 1. The molecular formula is C17H25N6O2+. The van der Waals surface area contributed by atoms with Crippen LogP contribution in [0.3, 0.4) is 0 Å². The maximum atomic E-state index is 13.0. The average molecular weight is 345 g/mol. The molecule has 0 aliphatic carbocycles. The van der Waals surface area contributed by atoms with Crippen LogP contribution in [-0.2, 0) is 4.79 Å². The number of amides is 3. The summed E-state index contributed by atoms with van der Waals surface area (Å²) in [4.78, 5) is 32.9. The van der Waals surface area contributed by atoms with Gasteiger partial charge in [-0.1, -0.05) is 11.9 Å². The van der Waals surface area contributed by atoms with Gasteiger partial charge in [0, 0.05) is 19.2 Å². The second-order valence-electron chi connectivity index (χ2n) is 6.50. The molecule has 25 heavy (non-hydrogen) atoms. The third-order valence-electron chi connectivity index (χ3n) is 5.02. The Kier molecular flexibility index (Phi) is 4.22. The number of nitrogens with zero attached hydrogens (tertiary/aromatic N) is 6. The van der Waals surface area contributed by atoms with Crippen LogP contribution in [0.2, 0.25) is 0 Å². The monoisotopic (exact) mass is 345 g/mol. The molecule has 2 aliphatic heterocycles. The number of imide groups is 1. The van der Waals surface area contributed by atoms with E-state index in [1.807, 2.05) is 39.2 Å². The van der Waals surface area contributed by atoms with Crippen molar-refractivity contribution in [2.75, 3.05) is 20.1 Å². The van der Waals surface area contributed by atoms with Gasteiger partial charge in [0.2, 0.25) is 11.9 Å². The highest BCUT2D eigenvalue weighted by molar-refractivity contribution is 6.22. The zero-order valence-corrected chi connectivity index (χ0v) is 15.7. The van der Waals surface area contributed by atoms with Crippen molar-refractivity contribution in [3.63, 3.8) is 0 Å². The summed E-state index contributed by atoms with van der Waals surface area (Å²) in [5.74, 6) is 0.866. The van der Waals surface area contributed by atoms with Crippen LogP contribution < -0.4 is 0 Å². The first-order valence-electron chi connectivity index (χ1n) is 8.67. The van der Waals surface area contributed by atoms with Crippen molar-refractivity contribution in [3.8, 4) is 0 Å². The maximum absolute atomic E-state index is 13.0. The summed E-state index contributed by atoms with van der Waals surface area (Å²) < 4.78 is 3.69. The number of likely N-dealkylation sites (N-methyl/N-ethyl adjacent to an activating group) is 2. The lowest BCUT2D eigenvalue weighted by atomic mass is 10.1. The molecule has 3 heterocycles. The van der Waals surface area contributed by atoms with Gasteiger partial charge < -0.3 is 0 Å². The first kappa shape index (κ1) is 17.3. The smallest absolute Gasteiger partial charge is 0.270 e. The van der Waals surface area contributed by atoms with Gasteiger partial charge >= 0.3 is 12.0 Å². The topological polar surface area (TPSA) is 73.8 Å². The van der Waals surface area contributed by atoms with E-state index in [0.717, 1.165) is 23.4 Å². The van der Waals surface area contributed by atoms with Crippen molar-refractivity contribution in [2.45, 2.75) is 47.1 Å². The van der Waals surface area contributed by atoms with E-state index >= 15 is 0 Å². The number of aryl methyl sites for hydroxylation is 1. The molecular weight excluding hydrogens is 320 g/mol. The zero-order valence-electron chi connectivity index (χ0n) is 15.7. The van der Waals surface area contributed by atoms with E-state index < -0.39 is 6.04 Å². The molecule has 3 rings (SSSR count). The summed E-state index contributed by atoms with van der Waals surface area (Å²) in [5.41, 5.74) is 3.02. The predicted octanol–water partition coefficient (Wildman–Crippen LogP) is 1.13. The van der Waals surface area contributed by atoms with Crippen LogP contribution in [0.4, 0.5) is 4.79 Å². The van der Waals surface area contributed by atoms with Crippen LogP contribution in [-0.4, -0.2) is 74.1 Å². The SMILES string of the molecule is CCCN1C(=O)C2C(=NC(n3nc(C)c(C)c3C)=[N+]2CC)N(C)C1=O. The maximum Gasteiger partial charge on any atom is 0.421 e. The van der Waals surface area contributed by atoms with E-state index in [1.54, 1.807) is 11.7 Å². The molecule has 0 aromatic carbocycles. The number of amidine groups is 1. The molecule has 1 unspecified atom stereocenters. The summed E-state index contributed by atoms with van der Waals surface area (Å²) >= 11 is 0. The highest BCUT2D eigenvalue weighted by Gasteiger charge is 2.52. The second kappa shape index (κ2) is 6.09. The first-order valence-corrected chi connectivity index (χ1v) is 8.67. The van der Waals surface area contributed by atoms with Crippen LogP contribution >= 0.6 is 0 Å². The van der Waals surface area contributed by atoms with Crippen molar-refractivity contribution in [1.29, 1.82) is 0 Å². The number of rotatable bonds is 3. The zero-order chi connectivity index (χ0) is 18.5. The fourth-order valence-electron chi connectivity index (χ4n) is 3.34. The Morgan fingerprint density at radius 3 is 2.36 bits per heavy atom. The quantitative estimate of drug-likeness (QED) is 0.771. The molecule has 1 aromatic rings. The largest absolute Gasteiger partial charge is 0.421 e. The number of carbonyl (C=O) groups excluding carboxylic acids is 2. The molecule has 2 aliphatic rings. The van der Waals surface area contributed by atoms with Gasteiger partial charge in [-0.15, -0.1) is 9.78 Å². The van der Waals surface area contributed by atoms with E-state index in [1.165, 1.54) is 9.80 Å². The van der Waals surface area contributed by atoms with Gasteiger partial charge in [-0.05, 0) is 34.1 Å². The Balaban J connectivity index is 2.14. The Labute approximate surface area is 147 Å². The van der Waals surface area contributed by atoms with E-state index in [9.17, 15) is 9.59 Å². The van der Waals surface area contributed by atoms with Gasteiger partial charge in [0.05, 0.1) is 12.2 Å². The molecule has 3 amide bonds. The number of carbonyl (C=O) groups is 2. The predicted molar refractivity (Wildman–Crippen MR) is 94.0 cm³/mol. The molecule has 0 radical (unpaired) electrons. The van der Waals surface area contributed by atoms with E-state index in [4.69, 9.17) is 0 Å². The fraction of sp³-hybridized carbons (Fsp3) is 0.588. The molecule has 0 saturated carbocycles. The molecule has 8 nitrogen and oxygen atoms in total. The highest BCUT2D eigenvalue weighted by atomic mass is 16.2. The van der Waals surface area contributed by atoms with Gasteiger partial charge in [0.1, 0.15) is 5.69 Å². The molecule has 134 valence electrons. The van der Waals surface area contributed by atoms with Crippen molar-refractivity contribution < 1.29 is 14.2 Å². The number of hydrogen-bond acceptors (Lipinski definition) is 4. The Bertz CT molecular complexity index is 819. The number of fused-ring (bicyclic) bond motifs is 1. The van der Waals surface area contributed by atoms with Gasteiger partial charge in [-0.3, -0.25) is 14.6 Å². The Morgan fingerprint density at radius 2 is 1.84 bits per heavy atom. The molecule has 1 saturated heterocycles. The minimum Gasteiger partial charge on any atom is -0.270 e. The van der Waals surface area contributed by atoms with Gasteiger partial charge in [0.25, 0.3) is 5.91 Å². The van der Waals surface area contributed by atoms with Crippen LogP contribution in [0, 0.1) is 20.8 Å². The van der Waals surface area contributed by atoms with Gasteiger partial charge in [-0.25, -0.2) is 9.37 Å². The summed E-state index contributed by atoms with van der Waals surface area (Å²) in [7, 11) is 1.67. The minimum absolute atomic E-state index is 0.209. The summed E-state index contributed by atoms with van der Waals surface area (Å²) in [6.45, 7) is 10.9. The van der Waals surface area contributed by atoms with Crippen molar-refractivity contribution >= 4 is 23.7 Å². The molecule has 0 N–H and O–H groups in total. The molecule has 0 spiro atoms. The van der Waals surface area contributed by atoms with Crippen molar-refractivity contribution in [2.24, 2.45) is 4.99 Å². The summed E-state index contributed by atoms with van der Waals surface area (Å²) in [6.07, 6.45) is 0.726. The summed E-state index contributed by atoms with van der Waals surface area (Å²) in [5, 5.41) is 4.57. The fourth-order valence-corrected chi connectivity index (χ4v) is 3.34. The summed E-state index contributed by atoms with van der Waals surface area (Å²) in [6, 6.07) is -0.887. The van der Waals surface area contributed by atoms with Crippen LogP contribution in [0.25, 0.3) is 0 Å².